The summed E-state index contributed by atoms with van der Waals surface area (Å²) in [6.07, 6.45) is -0.104. The van der Waals surface area contributed by atoms with Crippen LogP contribution in [0, 0.1) is 0 Å². The minimum atomic E-state index is -1.03. The van der Waals surface area contributed by atoms with E-state index in [1.54, 1.807) is 6.08 Å². The molecule has 0 aromatic rings. The fourth-order valence-corrected chi connectivity index (χ4v) is 1.01. The summed E-state index contributed by atoms with van der Waals surface area (Å²) in [4.78, 5) is 1.85. The van der Waals surface area contributed by atoms with Crippen LogP contribution in [0.5, 0.6) is 0 Å². The van der Waals surface area contributed by atoms with Gasteiger partial charge in [-0.1, -0.05) is 6.08 Å². The lowest BCUT2D eigenvalue weighted by molar-refractivity contribution is -0.220. The molecule has 1 fully saturated rings. The summed E-state index contributed by atoms with van der Waals surface area (Å²) in [6.45, 7) is 5.02. The van der Waals surface area contributed by atoms with Crippen molar-refractivity contribution in [3.05, 3.63) is 12.7 Å². The number of aliphatic hydroxyl groups is 2. The Morgan fingerprint density at radius 3 is 2.91 bits per heavy atom. The SMILES string of the molecule is C=CCN1COC(O)C(O)C1. The molecule has 0 bridgehead atoms. The summed E-state index contributed by atoms with van der Waals surface area (Å²) in [5, 5.41) is 18.1. The Kier molecular flexibility index (Phi) is 3.02. The van der Waals surface area contributed by atoms with E-state index in [0.717, 1.165) is 0 Å². The minimum Gasteiger partial charge on any atom is -0.386 e. The number of β-amino-alcohol motifs (C(OH)–C–C–N with tert-alkyl or cyclic N) is 1. The van der Waals surface area contributed by atoms with Crippen LogP contribution in [-0.2, 0) is 4.74 Å². The lowest BCUT2D eigenvalue weighted by atomic mass is 10.3. The van der Waals surface area contributed by atoms with E-state index < -0.39 is 12.4 Å². The van der Waals surface area contributed by atoms with Crippen LogP contribution in [-0.4, -0.2) is 47.3 Å². The zero-order valence-electron chi connectivity index (χ0n) is 6.31. The number of nitrogens with zero attached hydrogens (tertiary/aromatic N) is 1. The molecular weight excluding hydrogens is 146 g/mol. The second-order valence-electron chi connectivity index (χ2n) is 2.58. The third-order valence-electron chi connectivity index (χ3n) is 1.59. The van der Waals surface area contributed by atoms with Crippen LogP contribution in [0.4, 0.5) is 0 Å². The second-order valence-corrected chi connectivity index (χ2v) is 2.58. The zero-order valence-corrected chi connectivity index (χ0v) is 6.31. The fourth-order valence-electron chi connectivity index (χ4n) is 1.01. The van der Waals surface area contributed by atoms with Crippen LogP contribution >= 0.6 is 0 Å². The highest BCUT2D eigenvalue weighted by Crippen LogP contribution is 2.07. The molecule has 4 heteroatoms. The molecule has 1 aliphatic heterocycles. The van der Waals surface area contributed by atoms with E-state index in [4.69, 9.17) is 14.9 Å². The Balaban J connectivity index is 2.33. The maximum Gasteiger partial charge on any atom is 0.183 e. The molecule has 1 saturated heterocycles. The van der Waals surface area contributed by atoms with Gasteiger partial charge in [0, 0.05) is 13.1 Å². The van der Waals surface area contributed by atoms with Gasteiger partial charge in [-0.15, -0.1) is 6.58 Å². The second kappa shape index (κ2) is 3.82. The van der Waals surface area contributed by atoms with Gasteiger partial charge in [-0.05, 0) is 0 Å². The average molecular weight is 159 g/mol. The Labute approximate surface area is 65.7 Å². The van der Waals surface area contributed by atoms with Gasteiger partial charge in [-0.2, -0.15) is 0 Å². The van der Waals surface area contributed by atoms with E-state index in [9.17, 15) is 0 Å². The van der Waals surface area contributed by atoms with Crippen molar-refractivity contribution in [2.24, 2.45) is 0 Å². The van der Waals surface area contributed by atoms with E-state index in [2.05, 4.69) is 6.58 Å². The molecule has 4 nitrogen and oxygen atoms in total. The molecule has 1 heterocycles. The summed E-state index contributed by atoms with van der Waals surface area (Å²) in [5.74, 6) is 0. The molecule has 0 aromatic heterocycles. The molecule has 0 aromatic carbocycles. The van der Waals surface area contributed by atoms with Gasteiger partial charge in [0.15, 0.2) is 6.29 Å². The van der Waals surface area contributed by atoms with Gasteiger partial charge in [0.1, 0.15) is 12.8 Å². The summed E-state index contributed by atoms with van der Waals surface area (Å²) in [7, 11) is 0. The third-order valence-corrected chi connectivity index (χ3v) is 1.59. The minimum absolute atomic E-state index is 0.351. The largest absolute Gasteiger partial charge is 0.386 e. The highest BCUT2D eigenvalue weighted by molar-refractivity contribution is 4.77. The van der Waals surface area contributed by atoms with E-state index in [-0.39, 0.29) is 0 Å². The topological polar surface area (TPSA) is 52.9 Å². The molecule has 64 valence electrons. The van der Waals surface area contributed by atoms with Gasteiger partial charge in [0.25, 0.3) is 0 Å². The molecule has 1 rings (SSSR count). The van der Waals surface area contributed by atoms with Crippen molar-refractivity contribution in [1.82, 2.24) is 4.90 Å². The van der Waals surface area contributed by atoms with Crippen LogP contribution in [0.1, 0.15) is 0 Å². The number of ether oxygens (including phenoxy) is 1. The van der Waals surface area contributed by atoms with Gasteiger partial charge in [0.2, 0.25) is 0 Å². The van der Waals surface area contributed by atoms with E-state index in [1.165, 1.54) is 0 Å². The van der Waals surface area contributed by atoms with Gasteiger partial charge >= 0.3 is 0 Å². The molecule has 0 radical (unpaired) electrons. The number of hydrogen-bond donors (Lipinski definition) is 2. The molecule has 0 saturated carbocycles. The van der Waals surface area contributed by atoms with Gasteiger partial charge < -0.3 is 14.9 Å². The molecule has 1 aliphatic rings. The first-order valence-corrected chi connectivity index (χ1v) is 3.55. The average Bonchev–Trinajstić information content (AvgIpc) is 1.98. The molecule has 2 atom stereocenters. The van der Waals surface area contributed by atoms with E-state index in [0.29, 0.717) is 19.8 Å². The molecule has 2 unspecified atom stereocenters. The van der Waals surface area contributed by atoms with Crippen molar-refractivity contribution in [1.29, 1.82) is 0 Å². The standard InChI is InChI=1S/C7H13NO3/c1-2-3-8-4-6(9)7(10)11-5-8/h2,6-7,9-10H,1,3-5H2. The van der Waals surface area contributed by atoms with Crippen LogP contribution < -0.4 is 0 Å². The van der Waals surface area contributed by atoms with Crippen LogP contribution in [0.2, 0.25) is 0 Å². The molecule has 11 heavy (non-hydrogen) atoms. The summed E-state index contributed by atoms with van der Waals surface area (Å²) in [6, 6.07) is 0. The van der Waals surface area contributed by atoms with Crippen molar-refractivity contribution >= 4 is 0 Å². The quantitative estimate of drug-likeness (QED) is 0.515. The van der Waals surface area contributed by atoms with E-state index in [1.807, 2.05) is 4.90 Å². The van der Waals surface area contributed by atoms with Crippen LogP contribution in [0.3, 0.4) is 0 Å². The maximum absolute atomic E-state index is 9.12. The lowest BCUT2D eigenvalue weighted by Crippen LogP contribution is -2.48. The first kappa shape index (κ1) is 8.67. The molecular formula is C7H13NO3. The number of rotatable bonds is 2. The van der Waals surface area contributed by atoms with Crippen LogP contribution in [0.25, 0.3) is 0 Å². The Morgan fingerprint density at radius 2 is 2.36 bits per heavy atom. The lowest BCUT2D eigenvalue weighted by Gasteiger charge is -2.32. The smallest absolute Gasteiger partial charge is 0.183 e. The van der Waals surface area contributed by atoms with Crippen LogP contribution in [0.15, 0.2) is 12.7 Å². The summed E-state index contributed by atoms with van der Waals surface area (Å²) < 4.78 is 4.84. The third kappa shape index (κ3) is 2.27. The zero-order chi connectivity index (χ0) is 8.27. The number of hydrogen-bond acceptors (Lipinski definition) is 4. The Bertz CT molecular complexity index is 140. The molecule has 0 aliphatic carbocycles. The molecule has 2 N–H and O–H groups in total. The Hall–Kier alpha value is -0.420. The van der Waals surface area contributed by atoms with Gasteiger partial charge in [-0.3, -0.25) is 4.90 Å². The van der Waals surface area contributed by atoms with Crippen molar-refractivity contribution in [3.8, 4) is 0 Å². The first-order chi connectivity index (χ1) is 5.24. The predicted molar refractivity (Wildman–Crippen MR) is 39.7 cm³/mol. The molecule has 0 spiro atoms. The number of aliphatic hydroxyl groups excluding tert-OH is 2. The fraction of sp³-hybridized carbons (Fsp3) is 0.714. The predicted octanol–water partition coefficient (Wildman–Crippen LogP) is -0.859. The summed E-state index contributed by atoms with van der Waals surface area (Å²) >= 11 is 0. The normalized spacial score (nSPS) is 33.6. The first-order valence-electron chi connectivity index (χ1n) is 3.55. The van der Waals surface area contributed by atoms with Crippen molar-refractivity contribution < 1.29 is 14.9 Å². The Morgan fingerprint density at radius 1 is 1.64 bits per heavy atom. The summed E-state index contributed by atoms with van der Waals surface area (Å²) in [5.41, 5.74) is 0. The highest BCUT2D eigenvalue weighted by Gasteiger charge is 2.25. The molecule has 0 amide bonds. The van der Waals surface area contributed by atoms with Gasteiger partial charge in [-0.25, -0.2) is 0 Å². The monoisotopic (exact) mass is 159 g/mol. The highest BCUT2D eigenvalue weighted by atomic mass is 16.6. The van der Waals surface area contributed by atoms with Crippen molar-refractivity contribution in [2.45, 2.75) is 12.4 Å². The van der Waals surface area contributed by atoms with Crippen molar-refractivity contribution in [3.63, 3.8) is 0 Å². The van der Waals surface area contributed by atoms with E-state index >= 15 is 0 Å². The van der Waals surface area contributed by atoms with Gasteiger partial charge in [0.05, 0.1) is 0 Å². The van der Waals surface area contributed by atoms with Crippen molar-refractivity contribution in [2.75, 3.05) is 19.8 Å². The maximum atomic E-state index is 9.12.